The predicted molar refractivity (Wildman–Crippen MR) is 66.2 cm³/mol. The molecule has 3 N–H and O–H groups in total. The highest BCUT2D eigenvalue weighted by Gasteiger charge is 2.16. The number of likely N-dealkylation sites (N-methyl/N-ethyl adjacent to an activating group) is 1. The molecule has 1 amide bonds. The highest BCUT2D eigenvalue weighted by molar-refractivity contribution is 5.78. The molecule has 4 heteroatoms. The average Bonchev–Trinajstić information content (AvgIpc) is 2.29. The molecule has 0 aromatic carbocycles. The number of carbonyl (C=O) groups is 1. The smallest absolute Gasteiger partial charge is 0.234 e. The van der Waals surface area contributed by atoms with Crippen LogP contribution in [0.5, 0.6) is 0 Å². The van der Waals surface area contributed by atoms with Gasteiger partial charge in [0.25, 0.3) is 0 Å². The molecule has 0 aromatic heterocycles. The molecule has 0 saturated heterocycles. The predicted octanol–water partition coefficient (Wildman–Crippen LogP) is 0.716. The Hall–Kier alpha value is -0.610. The first-order valence-electron chi connectivity index (χ1n) is 6.48. The van der Waals surface area contributed by atoms with Crippen molar-refractivity contribution >= 4 is 5.91 Å². The average molecular weight is 227 g/mol. The molecule has 1 rings (SSSR count). The van der Waals surface area contributed by atoms with Crippen molar-refractivity contribution in [3.8, 4) is 0 Å². The molecule has 94 valence electrons. The van der Waals surface area contributed by atoms with Crippen molar-refractivity contribution in [2.45, 2.75) is 45.1 Å². The van der Waals surface area contributed by atoms with Crippen LogP contribution >= 0.6 is 0 Å². The Labute approximate surface area is 98.6 Å². The summed E-state index contributed by atoms with van der Waals surface area (Å²) in [6.45, 7) is 4.85. The van der Waals surface area contributed by atoms with Crippen molar-refractivity contribution in [3.05, 3.63) is 0 Å². The fraction of sp³-hybridized carbons (Fsp3) is 0.917. The standard InChI is InChI=1S/C12H25N3O/c1-2-15(9-8-13)10-12(16)14-11-6-4-3-5-7-11/h11H,2-10,13H2,1H3,(H,14,16). The van der Waals surface area contributed by atoms with Crippen molar-refractivity contribution in [2.75, 3.05) is 26.2 Å². The van der Waals surface area contributed by atoms with Gasteiger partial charge in [0.2, 0.25) is 5.91 Å². The minimum atomic E-state index is 0.155. The van der Waals surface area contributed by atoms with Gasteiger partial charge in [0, 0.05) is 19.1 Å². The molecule has 1 aliphatic rings. The van der Waals surface area contributed by atoms with Gasteiger partial charge in [-0.1, -0.05) is 26.2 Å². The third kappa shape index (κ3) is 4.94. The maximum Gasteiger partial charge on any atom is 0.234 e. The topological polar surface area (TPSA) is 58.4 Å². The molecule has 0 bridgehead atoms. The van der Waals surface area contributed by atoms with Crippen LogP contribution in [-0.4, -0.2) is 43.0 Å². The summed E-state index contributed by atoms with van der Waals surface area (Å²) < 4.78 is 0. The quantitative estimate of drug-likeness (QED) is 0.703. The summed E-state index contributed by atoms with van der Waals surface area (Å²) in [5, 5.41) is 3.12. The zero-order valence-corrected chi connectivity index (χ0v) is 10.4. The fourth-order valence-corrected chi connectivity index (χ4v) is 2.25. The van der Waals surface area contributed by atoms with Crippen molar-refractivity contribution < 1.29 is 4.79 Å². The Bertz CT molecular complexity index is 194. The van der Waals surface area contributed by atoms with Crippen LogP contribution < -0.4 is 11.1 Å². The molecule has 0 radical (unpaired) electrons. The monoisotopic (exact) mass is 227 g/mol. The molecule has 0 atom stereocenters. The number of nitrogens with one attached hydrogen (secondary N) is 1. The third-order valence-corrected chi connectivity index (χ3v) is 3.23. The van der Waals surface area contributed by atoms with E-state index >= 15 is 0 Å². The van der Waals surface area contributed by atoms with Gasteiger partial charge in [-0.05, 0) is 19.4 Å². The molecule has 0 aromatic rings. The Morgan fingerprint density at radius 1 is 1.38 bits per heavy atom. The largest absolute Gasteiger partial charge is 0.352 e. The van der Waals surface area contributed by atoms with Crippen LogP contribution in [0.1, 0.15) is 39.0 Å². The Morgan fingerprint density at radius 3 is 2.62 bits per heavy atom. The van der Waals surface area contributed by atoms with E-state index in [4.69, 9.17) is 5.73 Å². The Morgan fingerprint density at radius 2 is 2.06 bits per heavy atom. The lowest BCUT2D eigenvalue weighted by molar-refractivity contribution is -0.123. The number of amides is 1. The van der Waals surface area contributed by atoms with Gasteiger partial charge in [-0.15, -0.1) is 0 Å². The van der Waals surface area contributed by atoms with Crippen molar-refractivity contribution in [1.29, 1.82) is 0 Å². The summed E-state index contributed by atoms with van der Waals surface area (Å²) >= 11 is 0. The summed E-state index contributed by atoms with van der Waals surface area (Å²) in [5.74, 6) is 0.155. The van der Waals surface area contributed by atoms with E-state index in [1.54, 1.807) is 0 Å². The van der Waals surface area contributed by atoms with Gasteiger partial charge in [-0.25, -0.2) is 0 Å². The Balaban J connectivity index is 2.22. The van der Waals surface area contributed by atoms with Crippen molar-refractivity contribution in [3.63, 3.8) is 0 Å². The van der Waals surface area contributed by atoms with Gasteiger partial charge in [0.15, 0.2) is 0 Å². The number of hydrogen-bond acceptors (Lipinski definition) is 3. The fourth-order valence-electron chi connectivity index (χ4n) is 2.25. The van der Waals surface area contributed by atoms with Gasteiger partial charge in [0.1, 0.15) is 0 Å². The van der Waals surface area contributed by atoms with Gasteiger partial charge < -0.3 is 11.1 Å². The summed E-state index contributed by atoms with van der Waals surface area (Å²) in [6, 6.07) is 0.415. The first kappa shape index (κ1) is 13.5. The van der Waals surface area contributed by atoms with E-state index in [-0.39, 0.29) is 5.91 Å². The molecular formula is C12H25N3O. The molecule has 1 aliphatic carbocycles. The maximum absolute atomic E-state index is 11.8. The van der Waals surface area contributed by atoms with Crippen molar-refractivity contribution in [1.82, 2.24) is 10.2 Å². The molecule has 0 unspecified atom stereocenters. The first-order valence-corrected chi connectivity index (χ1v) is 6.48. The SMILES string of the molecule is CCN(CCN)CC(=O)NC1CCCCC1. The molecule has 0 heterocycles. The van der Waals surface area contributed by atoms with Crippen LogP contribution in [0.25, 0.3) is 0 Å². The summed E-state index contributed by atoms with van der Waals surface area (Å²) in [5.41, 5.74) is 5.49. The van der Waals surface area contributed by atoms with Gasteiger partial charge in [-0.2, -0.15) is 0 Å². The lowest BCUT2D eigenvalue weighted by atomic mass is 9.95. The summed E-state index contributed by atoms with van der Waals surface area (Å²) in [7, 11) is 0. The van der Waals surface area contributed by atoms with E-state index in [2.05, 4.69) is 17.1 Å². The van der Waals surface area contributed by atoms with Crippen LogP contribution in [0.3, 0.4) is 0 Å². The second-order valence-electron chi connectivity index (χ2n) is 4.56. The highest BCUT2D eigenvalue weighted by Crippen LogP contribution is 2.17. The van der Waals surface area contributed by atoms with Crippen LogP contribution in [0.15, 0.2) is 0 Å². The second-order valence-corrected chi connectivity index (χ2v) is 4.56. The van der Waals surface area contributed by atoms with E-state index in [0.29, 0.717) is 19.1 Å². The lowest BCUT2D eigenvalue weighted by Crippen LogP contribution is -2.43. The summed E-state index contributed by atoms with van der Waals surface area (Å²) in [4.78, 5) is 13.8. The van der Waals surface area contributed by atoms with E-state index in [1.165, 1.54) is 19.3 Å². The molecule has 0 aliphatic heterocycles. The van der Waals surface area contributed by atoms with Crippen LogP contribution in [0.2, 0.25) is 0 Å². The highest BCUT2D eigenvalue weighted by atomic mass is 16.2. The van der Waals surface area contributed by atoms with Crippen LogP contribution in [0.4, 0.5) is 0 Å². The van der Waals surface area contributed by atoms with Gasteiger partial charge in [0.05, 0.1) is 6.54 Å². The van der Waals surface area contributed by atoms with E-state index in [0.717, 1.165) is 25.9 Å². The van der Waals surface area contributed by atoms with E-state index in [9.17, 15) is 4.79 Å². The Kier molecular flexibility index (Phi) is 6.42. The second kappa shape index (κ2) is 7.63. The molecule has 4 nitrogen and oxygen atoms in total. The van der Waals surface area contributed by atoms with Gasteiger partial charge >= 0.3 is 0 Å². The maximum atomic E-state index is 11.8. The molecular weight excluding hydrogens is 202 g/mol. The number of rotatable bonds is 6. The van der Waals surface area contributed by atoms with Crippen LogP contribution in [0, 0.1) is 0 Å². The normalized spacial score (nSPS) is 17.7. The zero-order valence-electron chi connectivity index (χ0n) is 10.4. The minimum Gasteiger partial charge on any atom is -0.352 e. The molecule has 16 heavy (non-hydrogen) atoms. The first-order chi connectivity index (χ1) is 7.76. The molecule has 1 fully saturated rings. The summed E-state index contributed by atoms with van der Waals surface area (Å²) in [6.07, 6.45) is 6.13. The third-order valence-electron chi connectivity index (χ3n) is 3.23. The lowest BCUT2D eigenvalue weighted by Gasteiger charge is -2.25. The number of carbonyl (C=O) groups excluding carboxylic acids is 1. The minimum absolute atomic E-state index is 0.155. The number of hydrogen-bond donors (Lipinski definition) is 2. The van der Waals surface area contributed by atoms with Crippen LogP contribution in [-0.2, 0) is 4.79 Å². The number of nitrogens with two attached hydrogens (primary N) is 1. The van der Waals surface area contributed by atoms with E-state index < -0.39 is 0 Å². The van der Waals surface area contributed by atoms with Gasteiger partial charge in [-0.3, -0.25) is 9.69 Å². The zero-order chi connectivity index (χ0) is 11.8. The van der Waals surface area contributed by atoms with Crippen molar-refractivity contribution in [2.24, 2.45) is 5.73 Å². The molecule has 1 saturated carbocycles. The number of nitrogens with zero attached hydrogens (tertiary/aromatic N) is 1. The van der Waals surface area contributed by atoms with E-state index in [1.807, 2.05) is 0 Å². The molecule has 0 spiro atoms.